The lowest BCUT2D eigenvalue weighted by Gasteiger charge is -2.22. The van der Waals surface area contributed by atoms with E-state index in [0.717, 1.165) is 28.6 Å². The summed E-state index contributed by atoms with van der Waals surface area (Å²) in [5, 5.41) is 7.04. The highest BCUT2D eigenvalue weighted by Gasteiger charge is 2.17. The number of fused-ring (bicyclic) bond motifs is 1. The van der Waals surface area contributed by atoms with Gasteiger partial charge in [0, 0.05) is 41.1 Å². The molecule has 3 aromatic rings. The van der Waals surface area contributed by atoms with Crippen LogP contribution in [0.5, 0.6) is 0 Å². The summed E-state index contributed by atoms with van der Waals surface area (Å²) in [4.78, 5) is 25.7. The molecule has 1 fully saturated rings. The Morgan fingerprint density at radius 2 is 1.78 bits per heavy atom. The van der Waals surface area contributed by atoms with Crippen LogP contribution in [-0.2, 0) is 11.3 Å². The first-order valence-electron chi connectivity index (χ1n) is 11.1. The molecule has 0 unspecified atom stereocenters. The Morgan fingerprint density at radius 3 is 2.59 bits per heavy atom. The Bertz CT molecular complexity index is 1090. The van der Waals surface area contributed by atoms with Crippen molar-refractivity contribution in [1.29, 1.82) is 0 Å². The molecule has 0 atom stereocenters. The fourth-order valence-electron chi connectivity index (χ4n) is 4.20. The van der Waals surface area contributed by atoms with Crippen LogP contribution in [0.3, 0.4) is 0 Å². The molecule has 168 valence electrons. The Labute approximate surface area is 191 Å². The van der Waals surface area contributed by atoms with Crippen LogP contribution in [0, 0.1) is 5.82 Å². The van der Waals surface area contributed by atoms with Gasteiger partial charge >= 0.3 is 0 Å². The monoisotopic (exact) mass is 453 g/mol. The first kappa shape index (κ1) is 22.4. The van der Waals surface area contributed by atoms with Crippen molar-refractivity contribution in [3.63, 3.8) is 0 Å². The number of nitrogens with one attached hydrogen (secondary N) is 2. The number of hydrogen-bond donors (Lipinski definition) is 2. The van der Waals surface area contributed by atoms with E-state index in [2.05, 4.69) is 15.2 Å². The van der Waals surface area contributed by atoms with E-state index in [0.29, 0.717) is 24.9 Å². The Hall–Kier alpha value is -2.80. The number of nitrogens with zero attached hydrogens (tertiary/aromatic N) is 1. The number of para-hydroxylation sites is 1. The highest BCUT2D eigenvalue weighted by molar-refractivity contribution is 8.00. The van der Waals surface area contributed by atoms with E-state index in [1.807, 2.05) is 30.5 Å². The summed E-state index contributed by atoms with van der Waals surface area (Å²) in [6.07, 6.45) is 7.83. The zero-order valence-electron chi connectivity index (χ0n) is 18.0. The first-order chi connectivity index (χ1) is 15.6. The maximum atomic E-state index is 13.8. The van der Waals surface area contributed by atoms with Crippen molar-refractivity contribution in [2.24, 2.45) is 0 Å². The molecule has 2 N–H and O–H groups in total. The van der Waals surface area contributed by atoms with Crippen molar-refractivity contribution in [2.75, 3.05) is 12.3 Å². The largest absolute Gasteiger partial charge is 0.353 e. The van der Waals surface area contributed by atoms with Gasteiger partial charge in [-0.15, -0.1) is 11.8 Å². The number of halogens is 1. The first-order valence-corrected chi connectivity index (χ1v) is 12.1. The molecule has 7 heteroatoms. The molecule has 1 aliphatic carbocycles. The van der Waals surface area contributed by atoms with Crippen LogP contribution in [-0.4, -0.2) is 34.7 Å². The molecule has 0 saturated heterocycles. The Morgan fingerprint density at radius 1 is 1.03 bits per heavy atom. The van der Waals surface area contributed by atoms with Crippen molar-refractivity contribution < 1.29 is 14.0 Å². The predicted molar refractivity (Wildman–Crippen MR) is 126 cm³/mol. The molecule has 0 radical (unpaired) electrons. The Kier molecular flexibility index (Phi) is 7.47. The van der Waals surface area contributed by atoms with Gasteiger partial charge in [-0.25, -0.2) is 4.39 Å². The molecule has 0 spiro atoms. The molecule has 5 nitrogen and oxygen atoms in total. The van der Waals surface area contributed by atoms with Crippen LogP contribution in [0.4, 0.5) is 4.39 Å². The molecular weight excluding hydrogens is 425 g/mol. The summed E-state index contributed by atoms with van der Waals surface area (Å²) in [7, 11) is 0. The van der Waals surface area contributed by atoms with Gasteiger partial charge in [-0.1, -0.05) is 49.6 Å². The van der Waals surface area contributed by atoms with Crippen LogP contribution in [0.1, 0.15) is 42.5 Å². The molecule has 2 amide bonds. The lowest BCUT2D eigenvalue weighted by molar-refractivity contribution is -0.119. The van der Waals surface area contributed by atoms with Crippen LogP contribution >= 0.6 is 11.8 Å². The number of carbonyl (C=O) groups is 2. The number of benzene rings is 2. The highest BCUT2D eigenvalue weighted by Crippen LogP contribution is 2.30. The predicted octanol–water partition coefficient (Wildman–Crippen LogP) is 4.75. The molecule has 4 rings (SSSR count). The second kappa shape index (κ2) is 10.7. The minimum atomic E-state index is -0.526. The minimum absolute atomic E-state index is 0.0464. The van der Waals surface area contributed by atoms with Crippen molar-refractivity contribution >= 4 is 34.5 Å². The summed E-state index contributed by atoms with van der Waals surface area (Å²) < 4.78 is 15.9. The SMILES string of the molecule is O=C(CSc1cn(CCNC(=O)c2ccccc2F)c2ccccc12)NC1CCCCC1. The van der Waals surface area contributed by atoms with Gasteiger partial charge in [0.05, 0.1) is 11.3 Å². The second-order valence-electron chi connectivity index (χ2n) is 8.13. The third-order valence-corrected chi connectivity index (χ3v) is 6.88. The number of aromatic nitrogens is 1. The quantitative estimate of drug-likeness (QED) is 0.484. The van der Waals surface area contributed by atoms with E-state index < -0.39 is 11.7 Å². The number of hydrogen-bond acceptors (Lipinski definition) is 3. The van der Waals surface area contributed by atoms with Crippen molar-refractivity contribution in [3.05, 3.63) is 66.1 Å². The minimum Gasteiger partial charge on any atom is -0.353 e. The number of carbonyl (C=O) groups excluding carboxylic acids is 2. The van der Waals surface area contributed by atoms with Crippen molar-refractivity contribution in [2.45, 2.75) is 49.6 Å². The Balaban J connectivity index is 1.36. The third-order valence-electron chi connectivity index (χ3n) is 5.84. The average Bonchev–Trinajstić information content (AvgIpc) is 3.16. The molecule has 1 heterocycles. The fourth-order valence-corrected chi connectivity index (χ4v) is 5.10. The molecule has 0 aliphatic heterocycles. The van der Waals surface area contributed by atoms with E-state index in [1.54, 1.807) is 12.1 Å². The van der Waals surface area contributed by atoms with Gasteiger partial charge < -0.3 is 15.2 Å². The van der Waals surface area contributed by atoms with Gasteiger partial charge in [-0.05, 0) is 31.0 Å². The zero-order valence-corrected chi connectivity index (χ0v) is 18.8. The lowest BCUT2D eigenvalue weighted by Crippen LogP contribution is -2.37. The smallest absolute Gasteiger partial charge is 0.254 e. The van der Waals surface area contributed by atoms with Crippen LogP contribution in [0.15, 0.2) is 59.6 Å². The van der Waals surface area contributed by atoms with Gasteiger partial charge in [0.15, 0.2) is 0 Å². The van der Waals surface area contributed by atoms with Crippen LogP contribution in [0.2, 0.25) is 0 Å². The van der Waals surface area contributed by atoms with Crippen molar-refractivity contribution in [3.8, 4) is 0 Å². The number of rotatable bonds is 8. The summed E-state index contributed by atoms with van der Waals surface area (Å²) in [5.74, 6) is -0.486. The summed E-state index contributed by atoms with van der Waals surface area (Å²) in [5.41, 5.74) is 1.09. The van der Waals surface area contributed by atoms with E-state index >= 15 is 0 Å². The molecule has 2 aromatic carbocycles. The second-order valence-corrected chi connectivity index (χ2v) is 9.15. The average molecular weight is 454 g/mol. The van der Waals surface area contributed by atoms with Crippen LogP contribution < -0.4 is 10.6 Å². The van der Waals surface area contributed by atoms with Gasteiger partial charge in [0.2, 0.25) is 5.91 Å². The maximum Gasteiger partial charge on any atom is 0.254 e. The van der Waals surface area contributed by atoms with E-state index in [9.17, 15) is 14.0 Å². The maximum absolute atomic E-state index is 13.8. The molecular formula is C25H28FN3O2S. The normalized spacial score (nSPS) is 14.4. The van der Waals surface area contributed by atoms with E-state index in [4.69, 9.17) is 0 Å². The zero-order chi connectivity index (χ0) is 22.3. The molecule has 32 heavy (non-hydrogen) atoms. The van der Waals surface area contributed by atoms with Crippen LogP contribution in [0.25, 0.3) is 10.9 Å². The summed E-state index contributed by atoms with van der Waals surface area (Å²) >= 11 is 1.54. The molecule has 1 aromatic heterocycles. The fraction of sp³-hybridized carbons (Fsp3) is 0.360. The van der Waals surface area contributed by atoms with Gasteiger partial charge in [0.1, 0.15) is 5.82 Å². The van der Waals surface area contributed by atoms with Crippen molar-refractivity contribution in [1.82, 2.24) is 15.2 Å². The van der Waals surface area contributed by atoms with Gasteiger partial charge in [-0.3, -0.25) is 9.59 Å². The highest BCUT2D eigenvalue weighted by atomic mass is 32.2. The summed E-state index contributed by atoms with van der Waals surface area (Å²) in [6.45, 7) is 0.924. The summed E-state index contributed by atoms with van der Waals surface area (Å²) in [6, 6.07) is 14.3. The lowest BCUT2D eigenvalue weighted by atomic mass is 9.95. The standard InChI is InChI=1S/C25H28FN3O2S/c26-21-12-6-4-10-19(21)25(31)27-14-15-29-16-23(20-11-5-7-13-22(20)29)32-17-24(30)28-18-8-2-1-3-9-18/h4-7,10-13,16,18H,1-3,8-9,14-15,17H2,(H,27,31)(H,28,30). The van der Waals surface area contributed by atoms with E-state index in [1.165, 1.54) is 43.2 Å². The number of thioether (sulfide) groups is 1. The third kappa shape index (κ3) is 5.51. The molecule has 1 saturated carbocycles. The number of amides is 2. The van der Waals surface area contributed by atoms with Gasteiger partial charge in [-0.2, -0.15) is 0 Å². The van der Waals surface area contributed by atoms with Gasteiger partial charge in [0.25, 0.3) is 5.91 Å². The topological polar surface area (TPSA) is 63.1 Å². The molecule has 0 bridgehead atoms. The van der Waals surface area contributed by atoms with E-state index in [-0.39, 0.29) is 11.5 Å². The molecule has 1 aliphatic rings.